The molecule has 3 rings (SSSR count). The fourth-order valence-electron chi connectivity index (χ4n) is 2.24. The Bertz CT molecular complexity index is 735. The number of rotatable bonds is 4. The van der Waals surface area contributed by atoms with Gasteiger partial charge in [0.05, 0.1) is 19.0 Å². The summed E-state index contributed by atoms with van der Waals surface area (Å²) in [6.07, 6.45) is 0.523. The summed E-state index contributed by atoms with van der Waals surface area (Å²) in [6.45, 7) is -0.426. The van der Waals surface area contributed by atoms with E-state index in [-0.39, 0.29) is 11.6 Å². The maximum atomic E-state index is 10.7. The minimum Gasteiger partial charge on any atom is -0.390 e. The van der Waals surface area contributed by atoms with Crippen LogP contribution >= 0.6 is 19.4 Å². The molecule has 2 aromatic heterocycles. The molecular formula is C10H12ClN4O6P. The molecule has 22 heavy (non-hydrogen) atoms. The zero-order valence-corrected chi connectivity index (χ0v) is 12.6. The first kappa shape index (κ1) is 15.8. The summed E-state index contributed by atoms with van der Waals surface area (Å²) in [5.74, 6) is 0. The lowest BCUT2D eigenvalue weighted by atomic mass is 10.2. The largest absolute Gasteiger partial charge is 0.469 e. The molecular weight excluding hydrogens is 339 g/mol. The van der Waals surface area contributed by atoms with Crippen LogP contribution in [0.4, 0.5) is 0 Å². The third-order valence-electron chi connectivity index (χ3n) is 3.24. The number of halogens is 1. The van der Waals surface area contributed by atoms with Crippen LogP contribution in [0, 0.1) is 0 Å². The summed E-state index contributed by atoms with van der Waals surface area (Å²) in [5, 5.41) is 10.1. The van der Waals surface area contributed by atoms with Crippen LogP contribution in [0.15, 0.2) is 12.7 Å². The first-order valence-electron chi connectivity index (χ1n) is 6.22. The highest BCUT2D eigenvalue weighted by Crippen LogP contribution is 2.38. The Morgan fingerprint density at radius 3 is 2.95 bits per heavy atom. The summed E-state index contributed by atoms with van der Waals surface area (Å²) in [6, 6.07) is 0. The molecule has 3 heterocycles. The highest BCUT2D eigenvalue weighted by atomic mass is 35.5. The second-order valence-electron chi connectivity index (χ2n) is 4.71. The molecule has 1 fully saturated rings. The minimum atomic E-state index is -4.62. The first-order valence-corrected chi connectivity index (χ1v) is 8.12. The molecule has 0 spiro atoms. The number of hydrogen-bond acceptors (Lipinski definition) is 7. The lowest BCUT2D eigenvalue weighted by molar-refractivity contribution is -0.0424. The first-order chi connectivity index (χ1) is 10.3. The maximum absolute atomic E-state index is 10.7. The molecule has 0 saturated carbocycles. The number of nitrogens with zero attached hydrogens (tertiary/aromatic N) is 4. The van der Waals surface area contributed by atoms with Crippen LogP contribution in [0.1, 0.15) is 12.6 Å². The summed E-state index contributed by atoms with van der Waals surface area (Å²) in [7, 11) is -4.62. The van der Waals surface area contributed by atoms with Crippen molar-refractivity contribution < 1.29 is 28.7 Å². The predicted octanol–water partition coefficient (Wildman–Crippen LogP) is 0.237. The van der Waals surface area contributed by atoms with Gasteiger partial charge < -0.3 is 19.6 Å². The number of ether oxygens (including phenoxy) is 1. The predicted molar refractivity (Wildman–Crippen MR) is 72.9 cm³/mol. The smallest absolute Gasteiger partial charge is 0.390 e. The molecule has 3 N–H and O–H groups in total. The van der Waals surface area contributed by atoms with Gasteiger partial charge in [-0.05, 0) is 0 Å². The molecule has 1 aliphatic rings. The second-order valence-corrected chi connectivity index (χ2v) is 6.30. The van der Waals surface area contributed by atoms with Crippen LogP contribution < -0.4 is 0 Å². The molecule has 1 aliphatic heterocycles. The van der Waals surface area contributed by atoms with E-state index in [9.17, 15) is 9.67 Å². The third-order valence-corrected chi connectivity index (χ3v) is 4.00. The van der Waals surface area contributed by atoms with Gasteiger partial charge in [-0.2, -0.15) is 0 Å². The van der Waals surface area contributed by atoms with Crippen LogP contribution in [-0.4, -0.2) is 53.2 Å². The van der Waals surface area contributed by atoms with Crippen LogP contribution in [0.3, 0.4) is 0 Å². The molecule has 0 bridgehead atoms. The monoisotopic (exact) mass is 350 g/mol. The van der Waals surface area contributed by atoms with Crippen LogP contribution in [0.2, 0.25) is 5.15 Å². The van der Waals surface area contributed by atoms with E-state index in [1.165, 1.54) is 12.7 Å². The Kier molecular flexibility index (Phi) is 4.17. The molecule has 0 aromatic carbocycles. The number of aliphatic hydroxyl groups excluding tert-OH is 1. The highest BCUT2D eigenvalue weighted by molar-refractivity contribution is 7.46. The van der Waals surface area contributed by atoms with Crippen molar-refractivity contribution in [1.82, 2.24) is 19.5 Å². The molecule has 2 aromatic rings. The van der Waals surface area contributed by atoms with Crippen LogP contribution in [0.5, 0.6) is 0 Å². The average Bonchev–Trinajstić information content (AvgIpc) is 3.00. The third kappa shape index (κ3) is 3.13. The van der Waals surface area contributed by atoms with Crippen molar-refractivity contribution in [2.45, 2.75) is 24.9 Å². The van der Waals surface area contributed by atoms with Crippen molar-refractivity contribution in [1.29, 1.82) is 0 Å². The summed E-state index contributed by atoms with van der Waals surface area (Å²) < 4.78 is 22.2. The Hall–Kier alpha value is -1.13. The van der Waals surface area contributed by atoms with Gasteiger partial charge in [0.2, 0.25) is 0 Å². The van der Waals surface area contributed by atoms with Gasteiger partial charge in [-0.25, -0.2) is 19.5 Å². The molecule has 0 radical (unpaired) electrons. The van der Waals surface area contributed by atoms with Crippen molar-refractivity contribution in [2.24, 2.45) is 0 Å². The molecule has 3 atom stereocenters. The van der Waals surface area contributed by atoms with Crippen molar-refractivity contribution in [3.8, 4) is 0 Å². The van der Waals surface area contributed by atoms with Gasteiger partial charge >= 0.3 is 7.82 Å². The summed E-state index contributed by atoms with van der Waals surface area (Å²) in [5.41, 5.74) is 0.839. The van der Waals surface area contributed by atoms with Gasteiger partial charge in [-0.3, -0.25) is 9.09 Å². The van der Waals surface area contributed by atoms with E-state index < -0.39 is 32.9 Å². The lowest BCUT2D eigenvalue weighted by Crippen LogP contribution is -2.25. The maximum Gasteiger partial charge on any atom is 0.469 e. The SMILES string of the molecule is O=P(O)(O)OC[C@H]1O[C@@H](n2cnc3c(Cl)ncnc32)C[C@H]1O. The van der Waals surface area contributed by atoms with Crippen molar-refractivity contribution in [3.05, 3.63) is 17.8 Å². The van der Waals surface area contributed by atoms with E-state index in [1.54, 1.807) is 4.57 Å². The number of fused-ring (bicyclic) bond motifs is 1. The minimum absolute atomic E-state index is 0.197. The number of hydrogen-bond donors (Lipinski definition) is 3. The quantitative estimate of drug-likeness (QED) is 0.522. The van der Waals surface area contributed by atoms with Gasteiger partial charge in [0, 0.05) is 6.42 Å². The number of aliphatic hydroxyl groups is 1. The van der Waals surface area contributed by atoms with E-state index in [0.29, 0.717) is 11.2 Å². The standard InChI is InChI=1S/C10H12ClN4O6P/c11-9-8-10(13-3-12-9)15(4-14-8)7-1-5(16)6(21-7)2-20-22(17,18)19/h3-7,16H,1-2H2,(H2,17,18,19)/t5-,6-,7-/m1/s1. The molecule has 10 nitrogen and oxygen atoms in total. The summed E-state index contributed by atoms with van der Waals surface area (Å²) >= 11 is 5.91. The number of phosphoric ester groups is 1. The van der Waals surface area contributed by atoms with Gasteiger partial charge in [-0.15, -0.1) is 0 Å². The zero-order chi connectivity index (χ0) is 15.9. The van der Waals surface area contributed by atoms with E-state index in [1.807, 2.05) is 0 Å². The van der Waals surface area contributed by atoms with Crippen LogP contribution in [-0.2, 0) is 13.8 Å². The van der Waals surface area contributed by atoms with E-state index >= 15 is 0 Å². The van der Waals surface area contributed by atoms with Gasteiger partial charge in [-0.1, -0.05) is 11.6 Å². The van der Waals surface area contributed by atoms with E-state index in [4.69, 9.17) is 26.1 Å². The average molecular weight is 351 g/mol. The Morgan fingerprint density at radius 1 is 1.45 bits per heavy atom. The van der Waals surface area contributed by atoms with Gasteiger partial charge in [0.1, 0.15) is 24.2 Å². The summed E-state index contributed by atoms with van der Waals surface area (Å²) in [4.78, 5) is 29.4. The molecule has 0 amide bonds. The fourth-order valence-corrected chi connectivity index (χ4v) is 2.76. The highest BCUT2D eigenvalue weighted by Gasteiger charge is 2.37. The normalized spacial score (nSPS) is 25.9. The van der Waals surface area contributed by atoms with Crippen molar-refractivity contribution in [2.75, 3.05) is 6.61 Å². The fraction of sp³-hybridized carbons (Fsp3) is 0.500. The Labute approximate surface area is 128 Å². The Balaban J connectivity index is 1.78. The van der Waals surface area contributed by atoms with Crippen molar-refractivity contribution >= 4 is 30.6 Å². The van der Waals surface area contributed by atoms with Crippen molar-refractivity contribution in [3.63, 3.8) is 0 Å². The molecule has 120 valence electrons. The number of phosphoric acid groups is 1. The zero-order valence-electron chi connectivity index (χ0n) is 11.0. The molecule has 0 unspecified atom stereocenters. The number of aromatic nitrogens is 4. The number of imidazole rings is 1. The molecule has 0 aliphatic carbocycles. The molecule has 12 heteroatoms. The molecule has 1 saturated heterocycles. The van der Waals surface area contributed by atoms with E-state index in [0.717, 1.165) is 0 Å². The topological polar surface area (TPSA) is 140 Å². The Morgan fingerprint density at radius 2 is 2.23 bits per heavy atom. The van der Waals surface area contributed by atoms with Gasteiger partial charge in [0.25, 0.3) is 0 Å². The lowest BCUT2D eigenvalue weighted by Gasteiger charge is -2.16. The van der Waals surface area contributed by atoms with Gasteiger partial charge in [0.15, 0.2) is 10.8 Å². The van der Waals surface area contributed by atoms with Crippen LogP contribution in [0.25, 0.3) is 11.2 Å². The van der Waals surface area contributed by atoms with E-state index in [2.05, 4.69) is 19.5 Å². The second kappa shape index (κ2) is 5.82.